The molecule has 0 aliphatic heterocycles. The lowest BCUT2D eigenvalue weighted by Crippen LogP contribution is -2.24. The molecule has 2 aromatic rings. The fourth-order valence-corrected chi connectivity index (χ4v) is 1.68. The van der Waals surface area contributed by atoms with Gasteiger partial charge in [-0.2, -0.15) is 5.26 Å². The average molecular weight is 253 g/mol. The molecule has 0 radical (unpaired) electrons. The molecule has 2 heterocycles. The summed E-state index contributed by atoms with van der Waals surface area (Å²) in [5, 5.41) is 9.08. The van der Waals surface area contributed by atoms with E-state index in [0.29, 0.717) is 22.8 Å². The number of hydrogen-bond donors (Lipinski definition) is 1. The summed E-state index contributed by atoms with van der Waals surface area (Å²) in [4.78, 5) is 21.1. The van der Waals surface area contributed by atoms with Crippen molar-refractivity contribution in [1.82, 2.24) is 9.97 Å². The van der Waals surface area contributed by atoms with Gasteiger partial charge in [-0.05, 0) is 12.1 Å². The van der Waals surface area contributed by atoms with Crippen molar-refractivity contribution >= 4 is 23.1 Å². The Balaban J connectivity index is 2.59. The third-order valence-corrected chi connectivity index (χ3v) is 2.47. The molecule has 0 aromatic carbocycles. The van der Waals surface area contributed by atoms with Gasteiger partial charge in [0.1, 0.15) is 11.9 Å². The Hall–Kier alpha value is -2.94. The van der Waals surface area contributed by atoms with Gasteiger partial charge >= 0.3 is 0 Å². The molecule has 0 bridgehead atoms. The third-order valence-electron chi connectivity index (χ3n) is 2.47. The van der Waals surface area contributed by atoms with Gasteiger partial charge < -0.3 is 5.73 Å². The Morgan fingerprint density at radius 1 is 1.42 bits per heavy atom. The maximum Gasteiger partial charge on any atom is 0.229 e. The van der Waals surface area contributed by atoms with Gasteiger partial charge in [-0.3, -0.25) is 14.7 Å². The highest BCUT2D eigenvalue weighted by Crippen LogP contribution is 2.27. The monoisotopic (exact) mass is 253 g/mol. The summed E-state index contributed by atoms with van der Waals surface area (Å²) < 4.78 is 0. The minimum atomic E-state index is -0.263. The first-order chi connectivity index (χ1) is 9.13. The van der Waals surface area contributed by atoms with Crippen LogP contribution in [0.2, 0.25) is 0 Å². The second-order valence-electron chi connectivity index (χ2n) is 3.81. The largest absolute Gasteiger partial charge is 0.399 e. The van der Waals surface area contributed by atoms with E-state index in [1.54, 1.807) is 18.2 Å². The number of nitrogen functional groups attached to an aromatic ring is 1. The van der Waals surface area contributed by atoms with Crippen molar-refractivity contribution in [1.29, 1.82) is 5.26 Å². The molecule has 19 heavy (non-hydrogen) atoms. The van der Waals surface area contributed by atoms with Crippen LogP contribution in [0.5, 0.6) is 0 Å². The zero-order valence-corrected chi connectivity index (χ0v) is 10.2. The Morgan fingerprint density at radius 3 is 2.84 bits per heavy atom. The van der Waals surface area contributed by atoms with Gasteiger partial charge in [-0.15, -0.1) is 0 Å². The van der Waals surface area contributed by atoms with Crippen molar-refractivity contribution in [2.24, 2.45) is 0 Å². The van der Waals surface area contributed by atoms with Gasteiger partial charge in [0.2, 0.25) is 5.91 Å². The maximum atomic E-state index is 11.8. The molecule has 0 spiro atoms. The Bertz CT molecular complexity index is 662. The Morgan fingerprint density at radius 2 is 2.21 bits per heavy atom. The van der Waals surface area contributed by atoms with Gasteiger partial charge in [0.05, 0.1) is 11.3 Å². The number of aromatic nitrogens is 2. The molecule has 2 N–H and O–H groups in total. The van der Waals surface area contributed by atoms with Gasteiger partial charge in [-0.25, -0.2) is 4.98 Å². The predicted octanol–water partition coefficient (Wildman–Crippen LogP) is 1.62. The Kier molecular flexibility index (Phi) is 3.39. The number of carbonyl (C=O) groups excluding carboxylic acids is 1. The average Bonchev–Trinajstić information content (AvgIpc) is 2.39. The summed E-state index contributed by atoms with van der Waals surface area (Å²) in [7, 11) is 0. The van der Waals surface area contributed by atoms with Crippen molar-refractivity contribution in [3.05, 3.63) is 42.4 Å². The summed E-state index contributed by atoms with van der Waals surface area (Å²) in [6.07, 6.45) is 4.42. The molecule has 0 aliphatic carbocycles. The molecule has 94 valence electrons. The normalized spacial score (nSPS) is 9.68. The molecule has 2 aromatic heterocycles. The van der Waals surface area contributed by atoms with E-state index < -0.39 is 0 Å². The summed E-state index contributed by atoms with van der Waals surface area (Å²) in [6.45, 7) is 1.40. The van der Waals surface area contributed by atoms with Crippen molar-refractivity contribution in [3.8, 4) is 6.07 Å². The van der Waals surface area contributed by atoms with Gasteiger partial charge in [0, 0.05) is 37.3 Å². The zero-order valence-electron chi connectivity index (χ0n) is 10.2. The highest BCUT2D eigenvalue weighted by molar-refractivity contribution is 5.99. The first kappa shape index (κ1) is 12.5. The molecule has 2 rings (SSSR count). The summed E-state index contributed by atoms with van der Waals surface area (Å²) in [5.74, 6) is 0.107. The van der Waals surface area contributed by atoms with Crippen LogP contribution < -0.4 is 10.6 Å². The fourth-order valence-electron chi connectivity index (χ4n) is 1.68. The lowest BCUT2D eigenvalue weighted by molar-refractivity contribution is -0.115. The van der Waals surface area contributed by atoms with E-state index in [4.69, 9.17) is 11.0 Å². The second kappa shape index (κ2) is 5.14. The van der Waals surface area contributed by atoms with E-state index >= 15 is 0 Å². The minimum Gasteiger partial charge on any atom is -0.399 e. The molecule has 6 heteroatoms. The SMILES string of the molecule is CC(=O)N(c1cc(N)ccn1)c1ccncc1C#N. The van der Waals surface area contributed by atoms with Crippen LogP contribution in [0, 0.1) is 11.3 Å². The first-order valence-electron chi connectivity index (χ1n) is 5.50. The molecule has 0 aliphatic rings. The smallest absolute Gasteiger partial charge is 0.229 e. The van der Waals surface area contributed by atoms with Crippen molar-refractivity contribution in [2.75, 3.05) is 10.6 Å². The number of amides is 1. The number of hydrogen-bond acceptors (Lipinski definition) is 5. The second-order valence-corrected chi connectivity index (χ2v) is 3.81. The number of carbonyl (C=O) groups is 1. The number of nitrogens with zero attached hydrogens (tertiary/aromatic N) is 4. The quantitative estimate of drug-likeness (QED) is 0.877. The third kappa shape index (κ3) is 2.50. The van der Waals surface area contributed by atoms with Crippen LogP contribution in [-0.2, 0) is 4.79 Å². The zero-order chi connectivity index (χ0) is 13.8. The lowest BCUT2D eigenvalue weighted by atomic mass is 10.2. The van der Waals surface area contributed by atoms with E-state index in [-0.39, 0.29) is 5.91 Å². The van der Waals surface area contributed by atoms with Crippen LogP contribution in [0.15, 0.2) is 36.8 Å². The van der Waals surface area contributed by atoms with E-state index in [9.17, 15) is 4.79 Å². The molecule has 0 fully saturated rings. The van der Waals surface area contributed by atoms with Crippen LogP contribution >= 0.6 is 0 Å². The van der Waals surface area contributed by atoms with Crippen molar-refractivity contribution < 1.29 is 4.79 Å². The van der Waals surface area contributed by atoms with Crippen LogP contribution in [0.3, 0.4) is 0 Å². The summed E-state index contributed by atoms with van der Waals surface area (Å²) >= 11 is 0. The highest BCUT2D eigenvalue weighted by Gasteiger charge is 2.18. The maximum absolute atomic E-state index is 11.8. The van der Waals surface area contributed by atoms with Crippen LogP contribution in [-0.4, -0.2) is 15.9 Å². The molecule has 6 nitrogen and oxygen atoms in total. The van der Waals surface area contributed by atoms with E-state index in [0.717, 1.165) is 0 Å². The highest BCUT2D eigenvalue weighted by atomic mass is 16.2. The first-order valence-corrected chi connectivity index (χ1v) is 5.50. The minimum absolute atomic E-state index is 0.263. The van der Waals surface area contributed by atoms with Gasteiger partial charge in [-0.1, -0.05) is 0 Å². The van der Waals surface area contributed by atoms with E-state index in [1.807, 2.05) is 6.07 Å². The van der Waals surface area contributed by atoms with Crippen LogP contribution in [0.4, 0.5) is 17.2 Å². The molecule has 0 saturated heterocycles. The van der Waals surface area contributed by atoms with Gasteiger partial charge in [0.15, 0.2) is 0 Å². The number of nitriles is 1. The molecular formula is C13H11N5O. The lowest BCUT2D eigenvalue weighted by Gasteiger charge is -2.21. The molecule has 0 unspecified atom stereocenters. The van der Waals surface area contributed by atoms with E-state index in [1.165, 1.54) is 30.4 Å². The van der Waals surface area contributed by atoms with Crippen LogP contribution in [0.25, 0.3) is 0 Å². The number of anilines is 3. The molecule has 0 atom stereocenters. The summed E-state index contributed by atoms with van der Waals surface area (Å²) in [5.41, 5.74) is 6.91. The fraction of sp³-hybridized carbons (Fsp3) is 0.0769. The van der Waals surface area contributed by atoms with Crippen molar-refractivity contribution in [2.45, 2.75) is 6.92 Å². The summed E-state index contributed by atoms with van der Waals surface area (Å²) in [6, 6.07) is 6.78. The Labute approximate surface area is 110 Å². The van der Waals surface area contributed by atoms with Crippen molar-refractivity contribution in [3.63, 3.8) is 0 Å². The molecular weight excluding hydrogens is 242 g/mol. The van der Waals surface area contributed by atoms with Gasteiger partial charge in [0.25, 0.3) is 0 Å². The predicted molar refractivity (Wildman–Crippen MR) is 70.4 cm³/mol. The number of pyridine rings is 2. The standard InChI is InChI=1S/C13H11N5O/c1-9(19)18(13-6-11(15)2-5-17-13)12-3-4-16-8-10(12)7-14/h2-6,8H,1H3,(H2,15,17). The topological polar surface area (TPSA) is 95.9 Å². The molecule has 0 saturated carbocycles. The van der Waals surface area contributed by atoms with Crippen LogP contribution in [0.1, 0.15) is 12.5 Å². The van der Waals surface area contributed by atoms with E-state index in [2.05, 4.69) is 9.97 Å². The number of nitrogens with two attached hydrogens (primary N) is 1. The number of rotatable bonds is 2. The molecule has 1 amide bonds.